The molecule has 0 bridgehead atoms. The van der Waals surface area contributed by atoms with Gasteiger partial charge in [-0.1, -0.05) is 12.1 Å². The largest absolute Gasteiger partial charge is 0.435 e. The molecule has 0 spiro atoms. The van der Waals surface area contributed by atoms with E-state index in [2.05, 4.69) is 10.1 Å². The van der Waals surface area contributed by atoms with Gasteiger partial charge in [0.25, 0.3) is 0 Å². The number of nitrogens with zero attached hydrogens (tertiary/aromatic N) is 1. The van der Waals surface area contributed by atoms with Crippen molar-refractivity contribution in [2.75, 3.05) is 20.1 Å². The first-order valence-corrected chi connectivity index (χ1v) is 7.53. The van der Waals surface area contributed by atoms with E-state index < -0.39 is 6.61 Å². The van der Waals surface area contributed by atoms with Crippen molar-refractivity contribution < 1.29 is 18.3 Å². The van der Waals surface area contributed by atoms with E-state index in [-0.39, 0.29) is 24.1 Å². The number of nitrogens with one attached hydrogen (secondary N) is 1. The lowest BCUT2D eigenvalue weighted by molar-refractivity contribution is -0.130. The van der Waals surface area contributed by atoms with Crippen LogP contribution in [0.2, 0.25) is 0 Å². The summed E-state index contributed by atoms with van der Waals surface area (Å²) in [6.07, 6.45) is 2.61. The average Bonchev–Trinajstić information content (AvgIpc) is 2.99. The van der Waals surface area contributed by atoms with E-state index in [1.54, 1.807) is 24.1 Å². The molecule has 1 unspecified atom stereocenters. The van der Waals surface area contributed by atoms with Gasteiger partial charge in [-0.05, 0) is 49.5 Å². The second kappa shape index (κ2) is 9.67. The first-order chi connectivity index (χ1) is 10.5. The molecule has 0 saturated carbocycles. The van der Waals surface area contributed by atoms with Crippen LogP contribution < -0.4 is 10.1 Å². The van der Waals surface area contributed by atoms with Gasteiger partial charge < -0.3 is 15.0 Å². The smallest absolute Gasteiger partial charge is 0.387 e. The lowest BCUT2D eigenvalue weighted by Crippen LogP contribution is -2.26. The van der Waals surface area contributed by atoms with Gasteiger partial charge in [0.1, 0.15) is 5.75 Å². The lowest BCUT2D eigenvalue weighted by Gasteiger charge is -2.18. The fourth-order valence-corrected chi connectivity index (χ4v) is 2.62. The number of rotatable bonds is 7. The highest BCUT2D eigenvalue weighted by atomic mass is 35.5. The predicted octanol–water partition coefficient (Wildman–Crippen LogP) is 3.06. The standard InChI is InChI=1S/C16H22F2N2O2.ClH/c1-20(15(21)7-4-12-8-9-19-10-12)11-13-2-5-14(6-3-13)22-16(17)18;/h2-3,5-6,12,16,19H,4,7-11H2,1H3;1H. The highest BCUT2D eigenvalue weighted by Crippen LogP contribution is 2.17. The molecule has 1 aromatic carbocycles. The zero-order valence-electron chi connectivity index (χ0n) is 13.1. The van der Waals surface area contributed by atoms with Crippen molar-refractivity contribution >= 4 is 18.3 Å². The number of benzene rings is 1. The van der Waals surface area contributed by atoms with Crippen LogP contribution in [-0.4, -0.2) is 37.6 Å². The van der Waals surface area contributed by atoms with Crippen molar-refractivity contribution in [1.29, 1.82) is 0 Å². The van der Waals surface area contributed by atoms with Gasteiger partial charge in [-0.15, -0.1) is 12.4 Å². The highest BCUT2D eigenvalue weighted by molar-refractivity contribution is 5.85. The molecule has 1 atom stereocenters. The lowest BCUT2D eigenvalue weighted by atomic mass is 10.0. The quantitative estimate of drug-likeness (QED) is 0.823. The van der Waals surface area contributed by atoms with Gasteiger partial charge in [0.15, 0.2) is 0 Å². The number of carbonyl (C=O) groups excluding carboxylic acids is 1. The van der Waals surface area contributed by atoms with Gasteiger partial charge in [0, 0.05) is 20.0 Å². The fourth-order valence-electron chi connectivity index (χ4n) is 2.62. The molecule has 0 aromatic heterocycles. The maximum absolute atomic E-state index is 12.1. The Hall–Kier alpha value is -1.40. The summed E-state index contributed by atoms with van der Waals surface area (Å²) in [7, 11) is 1.76. The van der Waals surface area contributed by atoms with Crippen LogP contribution in [0.15, 0.2) is 24.3 Å². The Balaban J connectivity index is 0.00000264. The normalized spacial score (nSPS) is 17.0. The third kappa shape index (κ3) is 6.71. The van der Waals surface area contributed by atoms with Gasteiger partial charge in [-0.25, -0.2) is 0 Å². The summed E-state index contributed by atoms with van der Waals surface area (Å²) in [5.41, 5.74) is 0.889. The van der Waals surface area contributed by atoms with Crippen LogP contribution in [0.4, 0.5) is 8.78 Å². The molecule has 1 fully saturated rings. The maximum atomic E-state index is 12.1. The molecule has 1 aromatic rings. The molecule has 1 saturated heterocycles. The van der Waals surface area contributed by atoms with Gasteiger partial charge in [0.2, 0.25) is 5.91 Å². The number of ether oxygens (including phenoxy) is 1. The molecular formula is C16H23ClF2N2O2. The molecule has 1 aliphatic heterocycles. The Morgan fingerprint density at radius 1 is 1.39 bits per heavy atom. The number of carbonyl (C=O) groups is 1. The summed E-state index contributed by atoms with van der Waals surface area (Å²) in [6.45, 7) is -0.304. The number of halogens is 3. The average molecular weight is 349 g/mol. The molecule has 130 valence electrons. The van der Waals surface area contributed by atoms with Gasteiger partial charge in [-0.3, -0.25) is 4.79 Å². The van der Waals surface area contributed by atoms with E-state index in [0.717, 1.165) is 31.5 Å². The fraction of sp³-hybridized carbons (Fsp3) is 0.562. The molecule has 23 heavy (non-hydrogen) atoms. The molecule has 7 heteroatoms. The van der Waals surface area contributed by atoms with Crippen molar-refractivity contribution in [3.8, 4) is 5.75 Å². The van der Waals surface area contributed by atoms with Crippen molar-refractivity contribution in [3.63, 3.8) is 0 Å². The summed E-state index contributed by atoms with van der Waals surface area (Å²) >= 11 is 0. The molecule has 1 N–H and O–H groups in total. The minimum atomic E-state index is -2.82. The highest BCUT2D eigenvalue weighted by Gasteiger charge is 2.17. The SMILES string of the molecule is CN(Cc1ccc(OC(F)F)cc1)C(=O)CCC1CCNC1.Cl. The van der Waals surface area contributed by atoms with Crippen molar-refractivity contribution in [2.24, 2.45) is 5.92 Å². The van der Waals surface area contributed by atoms with E-state index >= 15 is 0 Å². The third-order valence-corrected chi connectivity index (χ3v) is 3.92. The Labute approximate surface area is 141 Å². The monoisotopic (exact) mass is 348 g/mol. The Morgan fingerprint density at radius 3 is 2.65 bits per heavy atom. The molecule has 1 amide bonds. The maximum Gasteiger partial charge on any atom is 0.387 e. The van der Waals surface area contributed by atoms with Gasteiger partial charge >= 0.3 is 6.61 Å². The molecule has 2 rings (SSSR count). The van der Waals surface area contributed by atoms with E-state index in [9.17, 15) is 13.6 Å². The first kappa shape index (κ1) is 19.6. The second-order valence-corrected chi connectivity index (χ2v) is 5.67. The van der Waals surface area contributed by atoms with Crippen LogP contribution in [0, 0.1) is 5.92 Å². The van der Waals surface area contributed by atoms with Crippen LogP contribution in [-0.2, 0) is 11.3 Å². The van der Waals surface area contributed by atoms with Gasteiger partial charge in [-0.2, -0.15) is 8.78 Å². The zero-order valence-corrected chi connectivity index (χ0v) is 14.0. The first-order valence-electron chi connectivity index (χ1n) is 7.53. The molecule has 0 radical (unpaired) electrons. The van der Waals surface area contributed by atoms with Crippen LogP contribution >= 0.6 is 12.4 Å². The van der Waals surface area contributed by atoms with Crippen molar-refractivity contribution in [3.05, 3.63) is 29.8 Å². The van der Waals surface area contributed by atoms with Crippen LogP contribution in [0.3, 0.4) is 0 Å². The molecule has 1 heterocycles. The number of amides is 1. The topological polar surface area (TPSA) is 41.6 Å². The summed E-state index contributed by atoms with van der Waals surface area (Å²) in [4.78, 5) is 13.8. The van der Waals surface area contributed by atoms with Gasteiger partial charge in [0.05, 0.1) is 0 Å². The summed E-state index contributed by atoms with van der Waals surface area (Å²) in [5.74, 6) is 0.837. The number of hydrogen-bond donors (Lipinski definition) is 1. The van der Waals surface area contributed by atoms with Crippen LogP contribution in [0.25, 0.3) is 0 Å². The zero-order chi connectivity index (χ0) is 15.9. The molecule has 0 aliphatic carbocycles. The van der Waals surface area contributed by atoms with E-state index in [1.165, 1.54) is 12.1 Å². The minimum Gasteiger partial charge on any atom is -0.435 e. The minimum absolute atomic E-state index is 0. The molecular weight excluding hydrogens is 326 g/mol. The predicted molar refractivity (Wildman–Crippen MR) is 87.0 cm³/mol. The van der Waals surface area contributed by atoms with Crippen molar-refractivity contribution in [1.82, 2.24) is 10.2 Å². The second-order valence-electron chi connectivity index (χ2n) is 5.67. The van der Waals surface area contributed by atoms with E-state index in [0.29, 0.717) is 18.9 Å². The van der Waals surface area contributed by atoms with Crippen molar-refractivity contribution in [2.45, 2.75) is 32.4 Å². The summed E-state index contributed by atoms with van der Waals surface area (Å²) in [6, 6.07) is 6.37. The number of alkyl halides is 2. The third-order valence-electron chi connectivity index (χ3n) is 3.92. The summed E-state index contributed by atoms with van der Waals surface area (Å²) in [5, 5.41) is 3.29. The Morgan fingerprint density at radius 2 is 2.09 bits per heavy atom. The van der Waals surface area contributed by atoms with E-state index in [4.69, 9.17) is 0 Å². The Bertz CT molecular complexity index is 479. The Kier molecular flexibility index (Phi) is 8.26. The number of hydrogen-bond acceptors (Lipinski definition) is 3. The molecule has 4 nitrogen and oxygen atoms in total. The summed E-state index contributed by atoms with van der Waals surface area (Å²) < 4.78 is 28.4. The van der Waals surface area contributed by atoms with Crippen LogP contribution in [0.1, 0.15) is 24.8 Å². The van der Waals surface area contributed by atoms with Crippen LogP contribution in [0.5, 0.6) is 5.75 Å². The van der Waals surface area contributed by atoms with E-state index in [1.807, 2.05) is 0 Å². The molecule has 1 aliphatic rings.